The largest absolute Gasteiger partial charge is 0.491 e. The molecule has 0 bridgehead atoms. The molecule has 18 heavy (non-hydrogen) atoms. The molecule has 1 aromatic carbocycles. The normalized spacial score (nSPS) is 14.0. The van der Waals surface area contributed by atoms with Crippen molar-refractivity contribution in [3.05, 3.63) is 29.3 Å². The van der Waals surface area contributed by atoms with Crippen molar-refractivity contribution in [3.8, 4) is 5.75 Å². The number of hydrogen-bond acceptors (Lipinski definition) is 3. The van der Waals surface area contributed by atoms with E-state index >= 15 is 0 Å². The van der Waals surface area contributed by atoms with Crippen molar-refractivity contribution in [2.75, 3.05) is 13.2 Å². The highest BCUT2D eigenvalue weighted by atomic mass is 16.5. The van der Waals surface area contributed by atoms with Gasteiger partial charge in [0.05, 0.1) is 0 Å². The summed E-state index contributed by atoms with van der Waals surface area (Å²) >= 11 is 0. The van der Waals surface area contributed by atoms with E-state index in [1.807, 2.05) is 39.0 Å². The molecule has 0 heterocycles. The molecule has 0 saturated carbocycles. The fraction of sp³-hybridized carbons (Fsp3) is 0.500. The first-order chi connectivity index (χ1) is 8.39. The number of benzene rings is 1. The zero-order valence-electron chi connectivity index (χ0n) is 11.4. The van der Waals surface area contributed by atoms with E-state index in [1.165, 1.54) is 0 Å². The summed E-state index contributed by atoms with van der Waals surface area (Å²) in [5.41, 5.74) is 1.03. The maximum atomic E-state index is 11.2. The summed E-state index contributed by atoms with van der Waals surface area (Å²) in [7, 11) is 0. The number of rotatable bonds is 6. The van der Waals surface area contributed by atoms with Crippen molar-refractivity contribution in [2.24, 2.45) is 0 Å². The molecule has 0 aromatic heterocycles. The van der Waals surface area contributed by atoms with E-state index in [0.29, 0.717) is 6.54 Å². The lowest BCUT2D eigenvalue weighted by Crippen LogP contribution is -2.53. The van der Waals surface area contributed by atoms with E-state index in [0.717, 1.165) is 16.9 Å². The average Bonchev–Trinajstić information content (AvgIpc) is 2.30. The van der Waals surface area contributed by atoms with Crippen LogP contribution in [0.15, 0.2) is 18.2 Å². The number of likely N-dealkylation sites (N-methyl/N-ethyl adjacent to an activating group) is 1. The zero-order valence-corrected chi connectivity index (χ0v) is 11.4. The maximum Gasteiger partial charge on any atom is 0.327 e. The fourth-order valence-corrected chi connectivity index (χ4v) is 1.66. The Balaban J connectivity index is 2.79. The second-order valence-corrected chi connectivity index (χ2v) is 4.73. The Bertz CT molecular complexity index is 431. The number of hydrogen-bond donors (Lipinski definition) is 2. The van der Waals surface area contributed by atoms with Crippen molar-refractivity contribution >= 4 is 5.97 Å². The van der Waals surface area contributed by atoms with Crippen molar-refractivity contribution in [1.82, 2.24) is 5.32 Å². The van der Waals surface area contributed by atoms with Crippen LogP contribution in [0.25, 0.3) is 0 Å². The van der Waals surface area contributed by atoms with Gasteiger partial charge in [0.2, 0.25) is 0 Å². The molecule has 1 atom stereocenters. The van der Waals surface area contributed by atoms with Crippen LogP contribution in [-0.2, 0) is 4.79 Å². The summed E-state index contributed by atoms with van der Waals surface area (Å²) in [6, 6.07) is 5.89. The standard InChI is InChI=1S/C14H21NO3/c1-5-15-14(4,13(16)17)9-18-12-8-10(2)6-7-11(12)3/h6-8,15H,5,9H2,1-4H3,(H,16,17). The lowest BCUT2D eigenvalue weighted by molar-refractivity contribution is -0.145. The van der Waals surface area contributed by atoms with Gasteiger partial charge >= 0.3 is 5.97 Å². The van der Waals surface area contributed by atoms with Gasteiger partial charge < -0.3 is 9.84 Å². The number of aryl methyl sites for hydroxylation is 2. The Morgan fingerprint density at radius 1 is 1.44 bits per heavy atom. The Morgan fingerprint density at radius 2 is 2.11 bits per heavy atom. The minimum absolute atomic E-state index is 0.0977. The molecule has 0 aliphatic heterocycles. The molecule has 0 saturated heterocycles. The van der Waals surface area contributed by atoms with Gasteiger partial charge in [0.15, 0.2) is 0 Å². The molecule has 0 amide bonds. The molecule has 0 fully saturated rings. The van der Waals surface area contributed by atoms with Crippen molar-refractivity contribution in [2.45, 2.75) is 33.2 Å². The van der Waals surface area contributed by atoms with Crippen molar-refractivity contribution in [1.29, 1.82) is 0 Å². The van der Waals surface area contributed by atoms with E-state index in [1.54, 1.807) is 6.92 Å². The second-order valence-electron chi connectivity index (χ2n) is 4.73. The van der Waals surface area contributed by atoms with Crippen molar-refractivity contribution < 1.29 is 14.6 Å². The highest BCUT2D eigenvalue weighted by Gasteiger charge is 2.33. The van der Waals surface area contributed by atoms with Crippen LogP contribution in [0.1, 0.15) is 25.0 Å². The molecule has 1 unspecified atom stereocenters. The Labute approximate surface area is 108 Å². The summed E-state index contributed by atoms with van der Waals surface area (Å²) in [6.07, 6.45) is 0. The van der Waals surface area contributed by atoms with E-state index in [-0.39, 0.29) is 6.61 Å². The summed E-state index contributed by atoms with van der Waals surface area (Å²) in [4.78, 5) is 11.2. The van der Waals surface area contributed by atoms with Gasteiger partial charge in [-0.05, 0) is 44.5 Å². The highest BCUT2D eigenvalue weighted by Crippen LogP contribution is 2.20. The van der Waals surface area contributed by atoms with Gasteiger partial charge in [0, 0.05) is 0 Å². The number of ether oxygens (including phenoxy) is 1. The van der Waals surface area contributed by atoms with Crippen LogP contribution in [-0.4, -0.2) is 29.8 Å². The Morgan fingerprint density at radius 3 is 2.67 bits per heavy atom. The van der Waals surface area contributed by atoms with Crippen LogP contribution in [0, 0.1) is 13.8 Å². The molecule has 0 spiro atoms. The monoisotopic (exact) mass is 251 g/mol. The number of carbonyl (C=O) groups is 1. The number of nitrogens with one attached hydrogen (secondary N) is 1. The first kappa shape index (κ1) is 14.5. The van der Waals surface area contributed by atoms with Gasteiger partial charge in [-0.1, -0.05) is 19.1 Å². The van der Waals surface area contributed by atoms with Crippen LogP contribution in [0.2, 0.25) is 0 Å². The molecule has 0 aliphatic carbocycles. The average molecular weight is 251 g/mol. The topological polar surface area (TPSA) is 58.6 Å². The third-order valence-corrected chi connectivity index (χ3v) is 2.90. The second kappa shape index (κ2) is 5.87. The zero-order chi connectivity index (χ0) is 13.8. The summed E-state index contributed by atoms with van der Waals surface area (Å²) in [5, 5.41) is 12.2. The summed E-state index contributed by atoms with van der Waals surface area (Å²) in [6.45, 7) is 8.11. The van der Waals surface area contributed by atoms with Crippen LogP contribution < -0.4 is 10.1 Å². The van der Waals surface area contributed by atoms with Crippen molar-refractivity contribution in [3.63, 3.8) is 0 Å². The van der Waals surface area contributed by atoms with Gasteiger partial charge in [0.25, 0.3) is 0 Å². The van der Waals surface area contributed by atoms with Gasteiger partial charge in [-0.3, -0.25) is 10.1 Å². The van der Waals surface area contributed by atoms with Crippen LogP contribution in [0.5, 0.6) is 5.75 Å². The molecule has 100 valence electrons. The maximum absolute atomic E-state index is 11.2. The van der Waals surface area contributed by atoms with E-state index in [2.05, 4.69) is 5.32 Å². The lowest BCUT2D eigenvalue weighted by atomic mass is 10.0. The van der Waals surface area contributed by atoms with Gasteiger partial charge in [-0.2, -0.15) is 0 Å². The third-order valence-electron chi connectivity index (χ3n) is 2.90. The summed E-state index contributed by atoms with van der Waals surface area (Å²) < 4.78 is 5.65. The number of carboxylic acid groups (broad SMARTS) is 1. The van der Waals surface area contributed by atoms with E-state index in [9.17, 15) is 9.90 Å². The predicted octanol–water partition coefficient (Wildman–Crippen LogP) is 2.14. The van der Waals surface area contributed by atoms with Crippen LogP contribution >= 0.6 is 0 Å². The fourth-order valence-electron chi connectivity index (χ4n) is 1.66. The molecule has 2 N–H and O–H groups in total. The lowest BCUT2D eigenvalue weighted by Gasteiger charge is -2.26. The SMILES string of the molecule is CCNC(C)(COc1cc(C)ccc1C)C(=O)O. The first-order valence-corrected chi connectivity index (χ1v) is 6.07. The highest BCUT2D eigenvalue weighted by molar-refractivity contribution is 5.78. The van der Waals surface area contributed by atoms with E-state index < -0.39 is 11.5 Å². The molecule has 1 rings (SSSR count). The smallest absolute Gasteiger partial charge is 0.327 e. The minimum atomic E-state index is -1.06. The predicted molar refractivity (Wildman–Crippen MR) is 71.1 cm³/mol. The number of carboxylic acids is 1. The van der Waals surface area contributed by atoms with Gasteiger partial charge in [-0.15, -0.1) is 0 Å². The van der Waals surface area contributed by atoms with Gasteiger partial charge in [-0.25, -0.2) is 0 Å². The van der Waals surface area contributed by atoms with Crippen LogP contribution in [0.4, 0.5) is 0 Å². The minimum Gasteiger partial charge on any atom is -0.491 e. The molecule has 0 radical (unpaired) electrons. The molecule has 4 nitrogen and oxygen atoms in total. The molecule has 1 aromatic rings. The third kappa shape index (κ3) is 3.47. The molecular weight excluding hydrogens is 230 g/mol. The van der Waals surface area contributed by atoms with E-state index in [4.69, 9.17) is 4.74 Å². The molecular formula is C14H21NO3. The number of aliphatic carboxylic acids is 1. The Hall–Kier alpha value is -1.55. The summed E-state index contributed by atoms with van der Waals surface area (Å²) in [5.74, 6) is -0.171. The Kier molecular flexibility index (Phi) is 4.73. The first-order valence-electron chi connectivity index (χ1n) is 6.07. The molecule has 4 heteroatoms. The van der Waals surface area contributed by atoms with Crippen LogP contribution in [0.3, 0.4) is 0 Å². The van der Waals surface area contributed by atoms with Gasteiger partial charge in [0.1, 0.15) is 17.9 Å². The molecule has 0 aliphatic rings. The quantitative estimate of drug-likeness (QED) is 0.813.